The van der Waals surface area contributed by atoms with Crippen LogP contribution >= 0.6 is 0 Å². The van der Waals surface area contributed by atoms with Gasteiger partial charge in [0, 0.05) is 19.8 Å². The lowest BCUT2D eigenvalue weighted by Crippen LogP contribution is -2.07. The van der Waals surface area contributed by atoms with Crippen LogP contribution in [0.2, 0.25) is 0 Å². The molecule has 0 atom stereocenters. The van der Waals surface area contributed by atoms with Crippen LogP contribution in [0.4, 0.5) is 5.69 Å². The number of nitrogens with zero attached hydrogens (tertiary/aromatic N) is 1. The summed E-state index contributed by atoms with van der Waals surface area (Å²) in [6.07, 6.45) is 12.3. The molecule has 0 aliphatic rings. The fraction of sp³-hybridized carbons (Fsp3) is 0.375. The number of unbranched alkanes of at least 4 members (excludes halogenated alkanes) is 2. The highest BCUT2D eigenvalue weighted by atomic mass is 15.1. The van der Waals surface area contributed by atoms with Crippen LogP contribution in [0.25, 0.3) is 6.08 Å². The number of rotatable bonds is 6. The third-order valence-corrected chi connectivity index (χ3v) is 2.67. The molecule has 0 aliphatic heterocycles. The fourth-order valence-electron chi connectivity index (χ4n) is 1.55. The molecule has 0 bridgehead atoms. The second-order valence-electron chi connectivity index (χ2n) is 4.42. The zero-order chi connectivity index (χ0) is 12.5. The van der Waals surface area contributed by atoms with Crippen molar-refractivity contribution in [1.82, 2.24) is 0 Å². The van der Waals surface area contributed by atoms with Crippen LogP contribution in [0.5, 0.6) is 0 Å². The van der Waals surface area contributed by atoms with Gasteiger partial charge in [-0.15, -0.1) is 0 Å². The van der Waals surface area contributed by atoms with Gasteiger partial charge in [0.2, 0.25) is 0 Å². The smallest absolute Gasteiger partial charge is 0.0361 e. The molecule has 0 amide bonds. The predicted molar refractivity (Wildman–Crippen MR) is 78.5 cm³/mol. The largest absolute Gasteiger partial charge is 0.378 e. The number of benzene rings is 1. The van der Waals surface area contributed by atoms with Gasteiger partial charge < -0.3 is 4.90 Å². The van der Waals surface area contributed by atoms with Crippen molar-refractivity contribution in [3.63, 3.8) is 0 Å². The van der Waals surface area contributed by atoms with E-state index in [1.807, 2.05) is 0 Å². The number of allylic oxidation sites excluding steroid dienone is 3. The molecule has 1 nitrogen and oxygen atoms in total. The van der Waals surface area contributed by atoms with E-state index in [2.05, 4.69) is 74.5 Å². The summed E-state index contributed by atoms with van der Waals surface area (Å²) in [7, 11) is 4.11. The van der Waals surface area contributed by atoms with Gasteiger partial charge in [0.1, 0.15) is 0 Å². The lowest BCUT2D eigenvalue weighted by atomic mass is 10.2. The van der Waals surface area contributed by atoms with E-state index in [0.717, 1.165) is 0 Å². The first-order chi connectivity index (χ1) is 8.24. The molecular formula is C16H23N. The Balaban J connectivity index is 2.46. The molecule has 1 rings (SSSR count). The van der Waals surface area contributed by atoms with Gasteiger partial charge in [0.05, 0.1) is 0 Å². The molecule has 0 heterocycles. The molecule has 92 valence electrons. The van der Waals surface area contributed by atoms with Crippen molar-refractivity contribution in [1.29, 1.82) is 0 Å². The summed E-state index contributed by atoms with van der Waals surface area (Å²) >= 11 is 0. The minimum absolute atomic E-state index is 1.18. The number of hydrogen-bond acceptors (Lipinski definition) is 1. The van der Waals surface area contributed by atoms with Gasteiger partial charge in [0.15, 0.2) is 0 Å². The first-order valence-electron chi connectivity index (χ1n) is 6.34. The van der Waals surface area contributed by atoms with E-state index in [4.69, 9.17) is 0 Å². The van der Waals surface area contributed by atoms with Gasteiger partial charge in [-0.1, -0.05) is 56.2 Å². The maximum atomic E-state index is 2.23. The Morgan fingerprint density at radius 2 is 1.76 bits per heavy atom. The highest BCUT2D eigenvalue weighted by Crippen LogP contribution is 2.13. The molecule has 0 radical (unpaired) electrons. The molecule has 1 heteroatoms. The Kier molecular flexibility index (Phi) is 6.16. The molecule has 1 aromatic rings. The predicted octanol–water partition coefficient (Wildman–Crippen LogP) is 4.51. The minimum atomic E-state index is 1.18. The zero-order valence-electron chi connectivity index (χ0n) is 11.2. The Morgan fingerprint density at radius 3 is 2.35 bits per heavy atom. The van der Waals surface area contributed by atoms with Crippen LogP contribution in [0.3, 0.4) is 0 Å². The van der Waals surface area contributed by atoms with Crippen molar-refractivity contribution < 1.29 is 0 Å². The molecule has 0 N–H and O–H groups in total. The molecule has 0 aliphatic carbocycles. The van der Waals surface area contributed by atoms with E-state index in [-0.39, 0.29) is 0 Å². The summed E-state index contributed by atoms with van der Waals surface area (Å²) in [6.45, 7) is 2.22. The molecule has 0 unspecified atom stereocenters. The first-order valence-corrected chi connectivity index (χ1v) is 6.34. The lowest BCUT2D eigenvalue weighted by Gasteiger charge is -2.11. The third kappa shape index (κ3) is 5.39. The SMILES string of the molecule is CCCCC=CC=Cc1ccc(N(C)C)cc1. The summed E-state index contributed by atoms with van der Waals surface area (Å²) in [5.74, 6) is 0. The molecule has 0 saturated heterocycles. The Bertz CT molecular complexity index is 358. The molecular weight excluding hydrogens is 206 g/mol. The maximum Gasteiger partial charge on any atom is 0.0361 e. The van der Waals surface area contributed by atoms with Gasteiger partial charge in [-0.25, -0.2) is 0 Å². The molecule has 0 fully saturated rings. The van der Waals surface area contributed by atoms with Crippen LogP contribution in [-0.4, -0.2) is 14.1 Å². The van der Waals surface area contributed by atoms with Gasteiger partial charge >= 0.3 is 0 Å². The van der Waals surface area contributed by atoms with Crippen molar-refractivity contribution >= 4 is 11.8 Å². The van der Waals surface area contributed by atoms with Crippen LogP contribution in [0, 0.1) is 0 Å². The van der Waals surface area contributed by atoms with E-state index in [1.54, 1.807) is 0 Å². The fourth-order valence-corrected chi connectivity index (χ4v) is 1.55. The average molecular weight is 229 g/mol. The second kappa shape index (κ2) is 7.72. The molecule has 0 spiro atoms. The van der Waals surface area contributed by atoms with Gasteiger partial charge in [0.25, 0.3) is 0 Å². The van der Waals surface area contributed by atoms with E-state index in [9.17, 15) is 0 Å². The number of hydrogen-bond donors (Lipinski definition) is 0. The lowest BCUT2D eigenvalue weighted by molar-refractivity contribution is 0.815. The Labute approximate surface area is 105 Å². The molecule has 0 aromatic heterocycles. The van der Waals surface area contributed by atoms with Crippen molar-refractivity contribution in [2.75, 3.05) is 19.0 Å². The Morgan fingerprint density at radius 1 is 1.06 bits per heavy atom. The zero-order valence-corrected chi connectivity index (χ0v) is 11.2. The highest BCUT2D eigenvalue weighted by Gasteiger charge is 1.92. The van der Waals surface area contributed by atoms with E-state index in [1.165, 1.54) is 30.5 Å². The normalized spacial score (nSPS) is 11.5. The quantitative estimate of drug-likeness (QED) is 0.512. The molecule has 17 heavy (non-hydrogen) atoms. The van der Waals surface area contributed by atoms with E-state index < -0.39 is 0 Å². The van der Waals surface area contributed by atoms with Crippen molar-refractivity contribution in [2.45, 2.75) is 26.2 Å². The van der Waals surface area contributed by atoms with Gasteiger partial charge in [-0.3, -0.25) is 0 Å². The Hall–Kier alpha value is -1.50. The standard InChI is InChI=1S/C16H23N/c1-4-5-6-7-8-9-10-15-11-13-16(14-12-15)17(2)3/h7-14H,4-6H2,1-3H3. The van der Waals surface area contributed by atoms with Crippen molar-refractivity contribution in [2.24, 2.45) is 0 Å². The molecule has 1 aromatic carbocycles. The van der Waals surface area contributed by atoms with Gasteiger partial charge in [-0.05, 0) is 24.1 Å². The summed E-state index contributed by atoms with van der Waals surface area (Å²) in [6, 6.07) is 8.57. The third-order valence-electron chi connectivity index (χ3n) is 2.67. The van der Waals surface area contributed by atoms with Crippen LogP contribution in [0.15, 0.2) is 42.5 Å². The summed E-state index contributed by atoms with van der Waals surface area (Å²) < 4.78 is 0. The summed E-state index contributed by atoms with van der Waals surface area (Å²) in [4.78, 5) is 2.11. The maximum absolute atomic E-state index is 2.23. The minimum Gasteiger partial charge on any atom is -0.378 e. The second-order valence-corrected chi connectivity index (χ2v) is 4.42. The van der Waals surface area contributed by atoms with E-state index in [0.29, 0.717) is 0 Å². The summed E-state index contributed by atoms with van der Waals surface area (Å²) in [5.41, 5.74) is 2.48. The first kappa shape index (κ1) is 13.6. The van der Waals surface area contributed by atoms with Crippen molar-refractivity contribution in [3.8, 4) is 0 Å². The van der Waals surface area contributed by atoms with Crippen molar-refractivity contribution in [3.05, 3.63) is 48.1 Å². The monoisotopic (exact) mass is 229 g/mol. The molecule has 0 saturated carbocycles. The van der Waals surface area contributed by atoms with Crippen LogP contribution in [-0.2, 0) is 0 Å². The van der Waals surface area contributed by atoms with Crippen LogP contribution < -0.4 is 4.90 Å². The summed E-state index contributed by atoms with van der Waals surface area (Å²) in [5, 5.41) is 0. The average Bonchev–Trinajstić information content (AvgIpc) is 2.34. The van der Waals surface area contributed by atoms with Gasteiger partial charge in [-0.2, -0.15) is 0 Å². The highest BCUT2D eigenvalue weighted by molar-refractivity contribution is 5.56. The topological polar surface area (TPSA) is 3.24 Å². The van der Waals surface area contributed by atoms with Crippen LogP contribution in [0.1, 0.15) is 31.7 Å². The number of anilines is 1. The van der Waals surface area contributed by atoms with E-state index >= 15 is 0 Å².